The SMILES string of the molecule is CCOCC(C)NC1CCOC2(CCCC2)C1. The summed E-state index contributed by atoms with van der Waals surface area (Å²) in [6, 6.07) is 1.08. The van der Waals surface area contributed by atoms with Crippen molar-refractivity contribution in [3.05, 3.63) is 0 Å². The van der Waals surface area contributed by atoms with Crippen molar-refractivity contribution in [3.63, 3.8) is 0 Å². The van der Waals surface area contributed by atoms with Crippen LogP contribution in [0.2, 0.25) is 0 Å². The minimum Gasteiger partial charge on any atom is -0.380 e. The van der Waals surface area contributed by atoms with E-state index in [1.807, 2.05) is 0 Å². The van der Waals surface area contributed by atoms with Gasteiger partial charge in [0.25, 0.3) is 0 Å². The van der Waals surface area contributed by atoms with Crippen LogP contribution in [-0.4, -0.2) is 37.5 Å². The third-order valence-corrected chi connectivity index (χ3v) is 4.10. The Morgan fingerprint density at radius 1 is 1.41 bits per heavy atom. The molecule has 0 aromatic rings. The number of hydrogen-bond donors (Lipinski definition) is 1. The third-order valence-electron chi connectivity index (χ3n) is 4.10. The normalized spacial score (nSPS) is 29.6. The summed E-state index contributed by atoms with van der Waals surface area (Å²) in [5.41, 5.74) is 0.223. The maximum atomic E-state index is 6.05. The molecule has 1 saturated carbocycles. The molecule has 100 valence electrons. The minimum atomic E-state index is 0.223. The first kappa shape index (κ1) is 13.3. The highest BCUT2D eigenvalue weighted by Gasteiger charge is 2.39. The standard InChI is InChI=1S/C14H27NO2/c1-3-16-11-12(2)15-13-6-9-17-14(10-13)7-4-5-8-14/h12-13,15H,3-11H2,1-2H3. The molecular weight excluding hydrogens is 214 g/mol. The smallest absolute Gasteiger partial charge is 0.0697 e. The molecule has 17 heavy (non-hydrogen) atoms. The van der Waals surface area contributed by atoms with Crippen LogP contribution in [0.15, 0.2) is 0 Å². The van der Waals surface area contributed by atoms with Crippen molar-refractivity contribution in [1.82, 2.24) is 5.32 Å². The van der Waals surface area contributed by atoms with Gasteiger partial charge < -0.3 is 14.8 Å². The van der Waals surface area contributed by atoms with Gasteiger partial charge in [-0.25, -0.2) is 0 Å². The number of ether oxygens (including phenoxy) is 2. The topological polar surface area (TPSA) is 30.5 Å². The lowest BCUT2D eigenvalue weighted by Crippen LogP contribution is -2.49. The molecular formula is C14H27NO2. The highest BCUT2D eigenvalue weighted by atomic mass is 16.5. The van der Waals surface area contributed by atoms with Gasteiger partial charge in [0.05, 0.1) is 12.2 Å². The molecule has 1 spiro atoms. The molecule has 1 N–H and O–H groups in total. The second kappa shape index (κ2) is 6.17. The predicted molar refractivity (Wildman–Crippen MR) is 69.3 cm³/mol. The predicted octanol–water partition coefficient (Wildman–Crippen LogP) is 2.49. The van der Waals surface area contributed by atoms with E-state index in [9.17, 15) is 0 Å². The molecule has 2 atom stereocenters. The lowest BCUT2D eigenvalue weighted by atomic mass is 9.88. The fourth-order valence-corrected chi connectivity index (χ4v) is 3.28. The lowest BCUT2D eigenvalue weighted by molar-refractivity contribution is -0.0853. The van der Waals surface area contributed by atoms with Crippen LogP contribution in [0, 0.1) is 0 Å². The largest absolute Gasteiger partial charge is 0.380 e. The monoisotopic (exact) mass is 241 g/mol. The van der Waals surface area contributed by atoms with Crippen molar-refractivity contribution in [3.8, 4) is 0 Å². The summed E-state index contributed by atoms with van der Waals surface area (Å²) < 4.78 is 11.5. The van der Waals surface area contributed by atoms with Gasteiger partial charge in [-0.05, 0) is 39.5 Å². The molecule has 0 bridgehead atoms. The van der Waals surface area contributed by atoms with E-state index in [0.717, 1.165) is 26.2 Å². The first-order valence-electron chi connectivity index (χ1n) is 7.22. The Morgan fingerprint density at radius 3 is 2.88 bits per heavy atom. The average molecular weight is 241 g/mol. The summed E-state index contributed by atoms with van der Waals surface area (Å²) in [4.78, 5) is 0. The van der Waals surface area contributed by atoms with E-state index in [2.05, 4.69) is 19.2 Å². The molecule has 2 rings (SSSR count). The summed E-state index contributed by atoms with van der Waals surface area (Å²) in [6.45, 7) is 6.82. The Labute approximate surface area is 105 Å². The first-order valence-corrected chi connectivity index (χ1v) is 7.22. The van der Waals surface area contributed by atoms with Crippen LogP contribution in [0.4, 0.5) is 0 Å². The maximum absolute atomic E-state index is 6.05. The van der Waals surface area contributed by atoms with Crippen LogP contribution >= 0.6 is 0 Å². The lowest BCUT2D eigenvalue weighted by Gasteiger charge is -2.39. The minimum absolute atomic E-state index is 0.223. The molecule has 2 fully saturated rings. The highest BCUT2D eigenvalue weighted by molar-refractivity contribution is 4.93. The van der Waals surface area contributed by atoms with Crippen LogP contribution in [0.3, 0.4) is 0 Å². The molecule has 2 aliphatic rings. The summed E-state index contributed by atoms with van der Waals surface area (Å²) in [7, 11) is 0. The number of nitrogens with one attached hydrogen (secondary N) is 1. The van der Waals surface area contributed by atoms with Crippen molar-refractivity contribution >= 4 is 0 Å². The molecule has 1 heterocycles. The average Bonchev–Trinajstić information content (AvgIpc) is 2.74. The number of hydrogen-bond acceptors (Lipinski definition) is 3. The van der Waals surface area contributed by atoms with Crippen molar-refractivity contribution in [1.29, 1.82) is 0 Å². The van der Waals surface area contributed by atoms with E-state index < -0.39 is 0 Å². The Balaban J connectivity index is 1.77. The molecule has 0 aromatic carbocycles. The Kier molecular flexibility index (Phi) is 4.83. The highest BCUT2D eigenvalue weighted by Crippen LogP contribution is 2.39. The van der Waals surface area contributed by atoms with Crippen molar-refractivity contribution in [2.45, 2.75) is 70.1 Å². The van der Waals surface area contributed by atoms with Crippen LogP contribution < -0.4 is 5.32 Å². The number of rotatable bonds is 5. The molecule has 1 saturated heterocycles. The van der Waals surface area contributed by atoms with Gasteiger partial charge in [0, 0.05) is 25.3 Å². The summed E-state index contributed by atoms with van der Waals surface area (Å²) >= 11 is 0. The molecule has 3 heteroatoms. The van der Waals surface area contributed by atoms with E-state index >= 15 is 0 Å². The van der Waals surface area contributed by atoms with Crippen LogP contribution in [0.1, 0.15) is 52.4 Å². The third kappa shape index (κ3) is 3.67. The molecule has 1 aliphatic heterocycles. The molecule has 0 aromatic heterocycles. The molecule has 3 nitrogen and oxygen atoms in total. The van der Waals surface area contributed by atoms with Gasteiger partial charge in [0.15, 0.2) is 0 Å². The van der Waals surface area contributed by atoms with Gasteiger partial charge in [-0.2, -0.15) is 0 Å². The van der Waals surface area contributed by atoms with E-state index in [1.165, 1.54) is 32.1 Å². The van der Waals surface area contributed by atoms with Gasteiger partial charge in [-0.15, -0.1) is 0 Å². The Morgan fingerprint density at radius 2 is 2.18 bits per heavy atom. The van der Waals surface area contributed by atoms with Crippen LogP contribution in [0.5, 0.6) is 0 Å². The molecule has 0 radical (unpaired) electrons. The Bertz CT molecular complexity index is 226. The van der Waals surface area contributed by atoms with Crippen molar-refractivity contribution in [2.24, 2.45) is 0 Å². The van der Waals surface area contributed by atoms with Crippen molar-refractivity contribution in [2.75, 3.05) is 19.8 Å². The van der Waals surface area contributed by atoms with Gasteiger partial charge in [-0.1, -0.05) is 12.8 Å². The molecule has 2 unspecified atom stereocenters. The molecule has 1 aliphatic carbocycles. The summed E-state index contributed by atoms with van der Waals surface area (Å²) in [5.74, 6) is 0. The fourth-order valence-electron chi connectivity index (χ4n) is 3.28. The zero-order valence-corrected chi connectivity index (χ0v) is 11.3. The van der Waals surface area contributed by atoms with Gasteiger partial charge in [-0.3, -0.25) is 0 Å². The van der Waals surface area contributed by atoms with Crippen molar-refractivity contribution < 1.29 is 9.47 Å². The van der Waals surface area contributed by atoms with Gasteiger partial charge in [0.2, 0.25) is 0 Å². The quantitative estimate of drug-likeness (QED) is 0.802. The van der Waals surface area contributed by atoms with E-state index in [1.54, 1.807) is 0 Å². The zero-order chi connectivity index (χ0) is 12.1. The zero-order valence-electron chi connectivity index (χ0n) is 11.3. The van der Waals surface area contributed by atoms with Crippen LogP contribution in [0.25, 0.3) is 0 Å². The maximum Gasteiger partial charge on any atom is 0.0697 e. The molecule has 0 amide bonds. The summed E-state index contributed by atoms with van der Waals surface area (Å²) in [5, 5.41) is 3.70. The van der Waals surface area contributed by atoms with Gasteiger partial charge >= 0.3 is 0 Å². The Hall–Kier alpha value is -0.120. The van der Waals surface area contributed by atoms with E-state index in [0.29, 0.717) is 12.1 Å². The summed E-state index contributed by atoms with van der Waals surface area (Å²) in [6.07, 6.45) is 7.58. The van der Waals surface area contributed by atoms with Crippen LogP contribution in [-0.2, 0) is 9.47 Å². The van der Waals surface area contributed by atoms with E-state index in [4.69, 9.17) is 9.47 Å². The fraction of sp³-hybridized carbons (Fsp3) is 1.00. The second-order valence-corrected chi connectivity index (χ2v) is 5.66. The van der Waals surface area contributed by atoms with E-state index in [-0.39, 0.29) is 5.60 Å². The van der Waals surface area contributed by atoms with Gasteiger partial charge in [0.1, 0.15) is 0 Å². The second-order valence-electron chi connectivity index (χ2n) is 5.66. The first-order chi connectivity index (χ1) is 8.24.